The smallest absolute Gasteiger partial charge is 0.0541 e. The third-order valence-corrected chi connectivity index (χ3v) is 10.6. The van der Waals surface area contributed by atoms with Gasteiger partial charge >= 0.3 is 0 Å². The molecule has 0 saturated carbocycles. The van der Waals surface area contributed by atoms with Gasteiger partial charge in [-0.3, -0.25) is 0 Å². The Kier molecular flexibility index (Phi) is 7.40. The van der Waals surface area contributed by atoms with Crippen molar-refractivity contribution in [3.63, 3.8) is 0 Å². The van der Waals surface area contributed by atoms with E-state index in [1.165, 1.54) is 93.9 Å². The van der Waals surface area contributed by atoms with Crippen LogP contribution in [0.5, 0.6) is 0 Å². The fraction of sp³-hybridized carbons (Fsp3) is 0.0196. The van der Waals surface area contributed by atoms with Crippen molar-refractivity contribution in [1.29, 1.82) is 0 Å². The van der Waals surface area contributed by atoms with Gasteiger partial charge in [0.2, 0.25) is 0 Å². The predicted octanol–water partition coefficient (Wildman–Crippen LogP) is 13.7. The SMILES string of the molecule is Cc1ccc2c(c1)c1cc(-c3ccc(C=Cc4ccc(-c5cccc(-n6c7ccccc7c7ccccc76)c5)cc4)cc3)ccc1n2-c1ccccc1. The highest BCUT2D eigenvalue weighted by Crippen LogP contribution is 2.36. The summed E-state index contributed by atoms with van der Waals surface area (Å²) in [5.41, 5.74) is 15.7. The molecule has 2 heteroatoms. The van der Waals surface area contributed by atoms with Gasteiger partial charge in [-0.25, -0.2) is 0 Å². The molecule has 10 aromatic rings. The molecule has 2 aromatic heterocycles. The Labute approximate surface area is 309 Å². The van der Waals surface area contributed by atoms with Crippen LogP contribution in [0.25, 0.3) is 89.4 Å². The van der Waals surface area contributed by atoms with Gasteiger partial charge in [-0.1, -0.05) is 145 Å². The molecule has 8 aromatic carbocycles. The number of aromatic nitrogens is 2. The Hall–Kier alpha value is -6.90. The van der Waals surface area contributed by atoms with Gasteiger partial charge < -0.3 is 9.13 Å². The number of nitrogens with zero attached hydrogens (tertiary/aromatic N) is 2. The van der Waals surface area contributed by atoms with Gasteiger partial charge in [0, 0.05) is 32.9 Å². The number of para-hydroxylation sites is 3. The van der Waals surface area contributed by atoms with Gasteiger partial charge in [0.05, 0.1) is 22.1 Å². The molecule has 250 valence electrons. The average Bonchev–Trinajstić information content (AvgIpc) is 3.73. The fourth-order valence-corrected chi connectivity index (χ4v) is 7.96. The minimum Gasteiger partial charge on any atom is -0.309 e. The maximum absolute atomic E-state index is 2.38. The number of aryl methyl sites for hydroxylation is 1. The van der Waals surface area contributed by atoms with Gasteiger partial charge in [-0.15, -0.1) is 0 Å². The highest BCUT2D eigenvalue weighted by atomic mass is 15.0. The van der Waals surface area contributed by atoms with Crippen molar-refractivity contribution in [1.82, 2.24) is 9.13 Å². The number of fused-ring (bicyclic) bond motifs is 6. The summed E-state index contributed by atoms with van der Waals surface area (Å²) in [4.78, 5) is 0. The van der Waals surface area contributed by atoms with E-state index in [1.807, 2.05) is 0 Å². The van der Waals surface area contributed by atoms with E-state index in [9.17, 15) is 0 Å². The molecule has 0 radical (unpaired) electrons. The highest BCUT2D eigenvalue weighted by Gasteiger charge is 2.14. The first kappa shape index (κ1) is 30.9. The molecule has 0 aliphatic carbocycles. The lowest BCUT2D eigenvalue weighted by molar-refractivity contribution is 1.18. The summed E-state index contributed by atoms with van der Waals surface area (Å²) in [5, 5.41) is 5.11. The van der Waals surface area contributed by atoms with E-state index >= 15 is 0 Å². The van der Waals surface area contributed by atoms with Crippen molar-refractivity contribution in [2.75, 3.05) is 0 Å². The summed E-state index contributed by atoms with van der Waals surface area (Å²) in [6, 6.07) is 68.2. The maximum Gasteiger partial charge on any atom is 0.0541 e. The molecule has 0 atom stereocenters. The molecule has 0 saturated heterocycles. The summed E-state index contributed by atoms with van der Waals surface area (Å²) < 4.78 is 4.75. The van der Waals surface area contributed by atoms with Crippen LogP contribution in [0.1, 0.15) is 16.7 Å². The highest BCUT2D eigenvalue weighted by molar-refractivity contribution is 6.11. The Balaban J connectivity index is 0.903. The molecular weight excluding hydrogens is 641 g/mol. The maximum atomic E-state index is 2.38. The summed E-state index contributed by atoms with van der Waals surface area (Å²) in [5.74, 6) is 0. The fourth-order valence-electron chi connectivity index (χ4n) is 7.96. The van der Waals surface area contributed by atoms with Crippen molar-refractivity contribution in [2.45, 2.75) is 6.92 Å². The van der Waals surface area contributed by atoms with E-state index in [0.29, 0.717) is 0 Å². The second-order valence-electron chi connectivity index (χ2n) is 13.9. The van der Waals surface area contributed by atoms with Gasteiger partial charge in [-0.2, -0.15) is 0 Å². The lowest BCUT2D eigenvalue weighted by atomic mass is 10.0. The summed E-state index contributed by atoms with van der Waals surface area (Å²) >= 11 is 0. The zero-order chi connectivity index (χ0) is 35.3. The summed E-state index contributed by atoms with van der Waals surface area (Å²) in [7, 11) is 0. The number of rotatable bonds is 6. The molecule has 0 bridgehead atoms. The van der Waals surface area contributed by atoms with Crippen molar-refractivity contribution in [3.8, 4) is 33.6 Å². The van der Waals surface area contributed by atoms with E-state index in [4.69, 9.17) is 0 Å². The first-order chi connectivity index (χ1) is 26.2. The molecule has 0 aliphatic heterocycles. The summed E-state index contributed by atoms with van der Waals surface area (Å²) in [6.07, 6.45) is 4.39. The largest absolute Gasteiger partial charge is 0.309 e. The zero-order valence-corrected chi connectivity index (χ0v) is 29.4. The van der Waals surface area contributed by atoms with Crippen molar-refractivity contribution in [3.05, 3.63) is 205 Å². The average molecular weight is 677 g/mol. The molecule has 2 heterocycles. The Bertz CT molecular complexity index is 2920. The minimum absolute atomic E-state index is 1.17. The van der Waals surface area contributed by atoms with E-state index in [1.54, 1.807) is 0 Å². The molecular formula is C51H36N2. The van der Waals surface area contributed by atoms with Crippen molar-refractivity contribution < 1.29 is 0 Å². The van der Waals surface area contributed by atoms with Crippen LogP contribution >= 0.6 is 0 Å². The van der Waals surface area contributed by atoms with E-state index in [0.717, 1.165) is 0 Å². The Morgan fingerprint density at radius 2 is 0.792 bits per heavy atom. The van der Waals surface area contributed by atoms with E-state index < -0.39 is 0 Å². The van der Waals surface area contributed by atoms with Gasteiger partial charge in [-0.05, 0) is 101 Å². The van der Waals surface area contributed by atoms with Crippen LogP contribution in [-0.2, 0) is 0 Å². The number of benzene rings is 8. The normalized spacial score (nSPS) is 11.8. The van der Waals surface area contributed by atoms with Crippen LogP contribution in [0.15, 0.2) is 188 Å². The minimum atomic E-state index is 1.17. The second-order valence-corrected chi connectivity index (χ2v) is 13.9. The van der Waals surface area contributed by atoms with Gasteiger partial charge in [0.15, 0.2) is 0 Å². The third kappa shape index (κ3) is 5.44. The first-order valence-corrected chi connectivity index (χ1v) is 18.3. The van der Waals surface area contributed by atoms with E-state index in [-0.39, 0.29) is 0 Å². The second kappa shape index (κ2) is 12.7. The quantitative estimate of drug-likeness (QED) is 0.155. The third-order valence-electron chi connectivity index (χ3n) is 10.6. The lowest BCUT2D eigenvalue weighted by Crippen LogP contribution is -1.94. The molecule has 0 fully saturated rings. The molecule has 10 rings (SSSR count). The molecule has 0 spiro atoms. The zero-order valence-electron chi connectivity index (χ0n) is 29.4. The monoisotopic (exact) mass is 676 g/mol. The number of hydrogen-bond donors (Lipinski definition) is 0. The van der Waals surface area contributed by atoms with Crippen LogP contribution in [0, 0.1) is 6.92 Å². The molecule has 0 N–H and O–H groups in total. The Morgan fingerprint density at radius 3 is 1.43 bits per heavy atom. The first-order valence-electron chi connectivity index (χ1n) is 18.3. The predicted molar refractivity (Wildman–Crippen MR) is 226 cm³/mol. The molecule has 0 amide bonds. The van der Waals surface area contributed by atoms with Crippen LogP contribution in [0.4, 0.5) is 0 Å². The van der Waals surface area contributed by atoms with Crippen LogP contribution in [-0.4, -0.2) is 9.13 Å². The topological polar surface area (TPSA) is 9.86 Å². The molecule has 0 aliphatic rings. The molecule has 2 nitrogen and oxygen atoms in total. The van der Waals surface area contributed by atoms with Crippen LogP contribution < -0.4 is 0 Å². The van der Waals surface area contributed by atoms with Gasteiger partial charge in [0.25, 0.3) is 0 Å². The number of hydrogen-bond acceptors (Lipinski definition) is 0. The van der Waals surface area contributed by atoms with Crippen LogP contribution in [0.2, 0.25) is 0 Å². The van der Waals surface area contributed by atoms with E-state index in [2.05, 4.69) is 216 Å². The van der Waals surface area contributed by atoms with Crippen molar-refractivity contribution >= 4 is 55.8 Å². The lowest BCUT2D eigenvalue weighted by Gasteiger charge is -2.10. The standard InChI is InChI=1S/C51H36N2/c1-35-18-30-50-46(32-35)47-34-41(29-31-51(47)52(50)42-11-3-2-4-12-42)39-27-23-37(24-28-39)20-19-36-21-25-38(26-22-36)40-10-9-13-43(33-40)53-48-16-7-5-14-44(48)45-15-6-8-17-49(45)53/h2-34H,1H3. The molecule has 0 unspecified atom stereocenters. The van der Waals surface area contributed by atoms with Crippen LogP contribution in [0.3, 0.4) is 0 Å². The summed E-state index contributed by atoms with van der Waals surface area (Å²) in [6.45, 7) is 2.17. The Morgan fingerprint density at radius 1 is 0.321 bits per heavy atom. The molecule has 53 heavy (non-hydrogen) atoms. The van der Waals surface area contributed by atoms with Gasteiger partial charge in [0.1, 0.15) is 0 Å². The van der Waals surface area contributed by atoms with Crippen molar-refractivity contribution in [2.24, 2.45) is 0 Å².